The van der Waals surface area contributed by atoms with Gasteiger partial charge in [-0.05, 0) is 48.5 Å². The van der Waals surface area contributed by atoms with Gasteiger partial charge < -0.3 is 24.8 Å². The Bertz CT molecular complexity index is 1230. The smallest absolute Gasteiger partial charge is 0.350 e. The van der Waals surface area contributed by atoms with Crippen LogP contribution in [-0.2, 0) is 19.1 Å². The highest BCUT2D eigenvalue weighted by atomic mass is 16.7. The molecule has 0 atom stereocenters. The monoisotopic (exact) mass is 458 g/mol. The van der Waals surface area contributed by atoms with Gasteiger partial charge in [0.1, 0.15) is 5.75 Å². The quantitative estimate of drug-likeness (QED) is 0.309. The van der Waals surface area contributed by atoms with E-state index in [2.05, 4.69) is 10.6 Å². The van der Waals surface area contributed by atoms with E-state index in [1.54, 1.807) is 42.5 Å². The van der Waals surface area contributed by atoms with Crippen LogP contribution in [-0.4, -0.2) is 23.6 Å². The number of rotatable bonds is 6. The van der Waals surface area contributed by atoms with E-state index in [1.165, 1.54) is 20.0 Å². The van der Waals surface area contributed by atoms with Crippen LogP contribution in [0.4, 0.5) is 11.4 Å². The van der Waals surface area contributed by atoms with Crippen molar-refractivity contribution in [2.45, 2.75) is 19.6 Å². The van der Waals surface area contributed by atoms with E-state index in [0.717, 1.165) is 0 Å². The summed E-state index contributed by atoms with van der Waals surface area (Å²) in [6.07, 6.45) is 1.21. The van der Waals surface area contributed by atoms with Gasteiger partial charge in [0.2, 0.25) is 0 Å². The molecule has 8 nitrogen and oxygen atoms in total. The summed E-state index contributed by atoms with van der Waals surface area (Å²) in [4.78, 5) is 36.8. The van der Waals surface area contributed by atoms with E-state index >= 15 is 0 Å². The Labute approximate surface area is 196 Å². The summed E-state index contributed by atoms with van der Waals surface area (Å²) >= 11 is 0. The summed E-state index contributed by atoms with van der Waals surface area (Å²) in [6.45, 7) is 2.95. The van der Waals surface area contributed by atoms with E-state index in [-0.39, 0.29) is 11.5 Å². The first-order valence-corrected chi connectivity index (χ1v) is 10.5. The normalized spacial score (nSPS) is 14.5. The Morgan fingerprint density at radius 1 is 0.853 bits per heavy atom. The molecule has 2 N–H and O–H groups in total. The van der Waals surface area contributed by atoms with Crippen LogP contribution in [0.3, 0.4) is 0 Å². The van der Waals surface area contributed by atoms with Crippen molar-refractivity contribution in [3.8, 4) is 11.5 Å². The molecule has 0 spiro atoms. The van der Waals surface area contributed by atoms with Crippen LogP contribution in [0.15, 0.2) is 90.6 Å². The number of nitrogens with one attached hydrogen (secondary N) is 2. The van der Waals surface area contributed by atoms with E-state index in [4.69, 9.17) is 14.2 Å². The maximum Gasteiger partial charge on any atom is 0.350 e. The minimum atomic E-state index is -1.30. The number of carbonyl (C=O) groups excluding carboxylic acids is 3. The number of ether oxygens (including phenoxy) is 3. The van der Waals surface area contributed by atoms with Gasteiger partial charge in [-0.15, -0.1) is 0 Å². The molecule has 1 fully saturated rings. The van der Waals surface area contributed by atoms with Gasteiger partial charge in [0.25, 0.3) is 11.7 Å². The molecule has 34 heavy (non-hydrogen) atoms. The fraction of sp³-hybridized carbons (Fsp3) is 0.115. The molecule has 1 amide bonds. The van der Waals surface area contributed by atoms with Crippen molar-refractivity contribution >= 4 is 29.2 Å². The number of carbonyl (C=O) groups is 3. The lowest BCUT2D eigenvalue weighted by atomic mass is 10.1. The van der Waals surface area contributed by atoms with Crippen molar-refractivity contribution in [3.63, 3.8) is 0 Å². The van der Waals surface area contributed by atoms with Crippen LogP contribution in [0, 0.1) is 0 Å². The minimum Gasteiger partial charge on any atom is -0.455 e. The molecule has 1 aliphatic heterocycles. The Morgan fingerprint density at radius 2 is 1.47 bits per heavy atom. The molecule has 4 rings (SSSR count). The molecule has 0 aromatic heterocycles. The summed E-state index contributed by atoms with van der Waals surface area (Å²) in [5.41, 5.74) is 1.24. The molecule has 0 saturated carbocycles. The average Bonchev–Trinajstić information content (AvgIpc) is 2.80. The molecule has 0 radical (unpaired) electrons. The third-order valence-electron chi connectivity index (χ3n) is 4.75. The fourth-order valence-electron chi connectivity index (χ4n) is 3.12. The molecule has 3 aromatic rings. The van der Waals surface area contributed by atoms with Gasteiger partial charge in [-0.3, -0.25) is 4.79 Å². The molecule has 172 valence electrons. The van der Waals surface area contributed by atoms with Crippen molar-refractivity contribution < 1.29 is 28.6 Å². The van der Waals surface area contributed by atoms with Gasteiger partial charge in [-0.1, -0.05) is 30.3 Å². The fourth-order valence-corrected chi connectivity index (χ4v) is 3.12. The molecule has 1 saturated heterocycles. The summed E-state index contributed by atoms with van der Waals surface area (Å²) in [5.74, 6) is -2.01. The Morgan fingerprint density at radius 3 is 2.15 bits per heavy atom. The zero-order valence-electron chi connectivity index (χ0n) is 18.5. The van der Waals surface area contributed by atoms with Gasteiger partial charge in [-0.2, -0.15) is 0 Å². The molecule has 1 aliphatic rings. The molecule has 0 bridgehead atoms. The second kappa shape index (κ2) is 9.50. The standard InChI is InChI=1S/C26H22N2O6/c1-26(2)33-24(30)20(25(31)34-26)16-27-18-14-12-17(13-15-18)23(29)28-21-10-6-7-11-22(21)32-19-8-4-3-5-9-19/h3-16,27H,1-2H3,(H,28,29). The van der Waals surface area contributed by atoms with Gasteiger partial charge in [-0.25, -0.2) is 9.59 Å². The molecular weight excluding hydrogens is 436 g/mol. The zero-order chi connectivity index (χ0) is 24.1. The van der Waals surface area contributed by atoms with Crippen molar-refractivity contribution in [1.29, 1.82) is 0 Å². The lowest BCUT2D eigenvalue weighted by Crippen LogP contribution is -2.42. The molecule has 0 aliphatic carbocycles. The van der Waals surface area contributed by atoms with Gasteiger partial charge in [0.15, 0.2) is 11.3 Å². The second-order valence-electron chi connectivity index (χ2n) is 7.82. The molecule has 3 aromatic carbocycles. The maximum absolute atomic E-state index is 12.8. The SMILES string of the molecule is CC1(C)OC(=O)C(=CNc2ccc(C(=O)Nc3ccccc3Oc3ccccc3)cc2)C(=O)O1. The lowest BCUT2D eigenvalue weighted by Gasteiger charge is -2.29. The topological polar surface area (TPSA) is 103 Å². The van der Waals surface area contributed by atoms with Gasteiger partial charge in [0.05, 0.1) is 5.69 Å². The van der Waals surface area contributed by atoms with Crippen molar-refractivity contribution in [1.82, 2.24) is 0 Å². The number of anilines is 2. The van der Waals surface area contributed by atoms with Crippen molar-refractivity contribution in [2.75, 3.05) is 10.6 Å². The molecule has 0 unspecified atom stereocenters. The van der Waals surface area contributed by atoms with E-state index < -0.39 is 17.7 Å². The lowest BCUT2D eigenvalue weighted by molar-refractivity contribution is -0.222. The van der Waals surface area contributed by atoms with Crippen LogP contribution in [0.2, 0.25) is 0 Å². The predicted molar refractivity (Wildman–Crippen MR) is 125 cm³/mol. The minimum absolute atomic E-state index is 0.254. The van der Waals surface area contributed by atoms with Gasteiger partial charge >= 0.3 is 11.9 Å². The Hall–Kier alpha value is -4.59. The summed E-state index contributed by atoms with van der Waals surface area (Å²) in [5, 5.41) is 5.69. The number of amides is 1. The number of esters is 2. The van der Waals surface area contributed by atoms with Crippen LogP contribution in [0.5, 0.6) is 11.5 Å². The number of para-hydroxylation sites is 3. The first kappa shape index (κ1) is 22.6. The highest BCUT2D eigenvalue weighted by Crippen LogP contribution is 2.29. The summed E-state index contributed by atoms with van der Waals surface area (Å²) < 4.78 is 16.0. The van der Waals surface area contributed by atoms with Gasteiger partial charge in [0, 0.05) is 31.3 Å². The van der Waals surface area contributed by atoms with Crippen molar-refractivity contribution in [2.24, 2.45) is 0 Å². The van der Waals surface area contributed by atoms with E-state index in [1.807, 2.05) is 36.4 Å². The summed E-state index contributed by atoms with van der Waals surface area (Å²) in [7, 11) is 0. The highest BCUT2D eigenvalue weighted by Gasteiger charge is 2.38. The van der Waals surface area contributed by atoms with Crippen molar-refractivity contribution in [3.05, 3.63) is 96.2 Å². The second-order valence-corrected chi connectivity index (χ2v) is 7.82. The van der Waals surface area contributed by atoms with Crippen LogP contribution in [0.1, 0.15) is 24.2 Å². The highest BCUT2D eigenvalue weighted by molar-refractivity contribution is 6.15. The number of benzene rings is 3. The molecular formula is C26H22N2O6. The van der Waals surface area contributed by atoms with Crippen LogP contribution in [0.25, 0.3) is 0 Å². The van der Waals surface area contributed by atoms with Crippen LogP contribution >= 0.6 is 0 Å². The predicted octanol–water partition coefficient (Wildman–Crippen LogP) is 4.86. The van der Waals surface area contributed by atoms with E-state index in [9.17, 15) is 14.4 Å². The average molecular weight is 458 g/mol. The number of hydrogen-bond donors (Lipinski definition) is 2. The molecule has 8 heteroatoms. The first-order valence-electron chi connectivity index (χ1n) is 10.5. The third-order valence-corrected chi connectivity index (χ3v) is 4.75. The Kier molecular flexibility index (Phi) is 6.31. The molecule has 1 heterocycles. The van der Waals surface area contributed by atoms with E-state index in [0.29, 0.717) is 28.4 Å². The van der Waals surface area contributed by atoms with Crippen LogP contribution < -0.4 is 15.4 Å². The largest absolute Gasteiger partial charge is 0.455 e. The third kappa shape index (κ3) is 5.42. The summed E-state index contributed by atoms with van der Waals surface area (Å²) in [6, 6.07) is 22.9. The zero-order valence-corrected chi connectivity index (χ0v) is 18.5. The number of cyclic esters (lactones) is 2. The first-order chi connectivity index (χ1) is 16.3. The maximum atomic E-state index is 12.8. The number of hydrogen-bond acceptors (Lipinski definition) is 7. The Balaban J connectivity index is 1.42.